The molecule has 3 rings (SSSR count). The van der Waals surface area contributed by atoms with Gasteiger partial charge < -0.3 is 15.0 Å². The van der Waals surface area contributed by atoms with E-state index in [0.29, 0.717) is 6.73 Å². The Morgan fingerprint density at radius 3 is 2.79 bits per heavy atom. The summed E-state index contributed by atoms with van der Waals surface area (Å²) in [6.07, 6.45) is 3.14. The highest BCUT2D eigenvalue weighted by molar-refractivity contribution is 6.30. The summed E-state index contributed by atoms with van der Waals surface area (Å²) in [5, 5.41) is 3.55. The standard InChI is InChI=1S/C14H18ClFN2O/c15-12-2-1-11(9-13(12)16)18-10-19-8-5-14(18)3-6-17-7-4-14/h1-2,9,17H,3-8,10H2. The van der Waals surface area contributed by atoms with Gasteiger partial charge in [0.2, 0.25) is 0 Å². The third kappa shape index (κ3) is 2.45. The van der Waals surface area contributed by atoms with Gasteiger partial charge >= 0.3 is 0 Å². The van der Waals surface area contributed by atoms with Crippen molar-refractivity contribution in [2.45, 2.75) is 24.8 Å². The quantitative estimate of drug-likeness (QED) is 0.858. The Balaban J connectivity index is 1.93. The molecular formula is C14H18ClFN2O. The van der Waals surface area contributed by atoms with Crippen molar-refractivity contribution in [2.24, 2.45) is 0 Å². The van der Waals surface area contributed by atoms with Crippen molar-refractivity contribution in [3.63, 3.8) is 0 Å². The molecule has 2 fully saturated rings. The number of hydrogen-bond donors (Lipinski definition) is 1. The molecule has 2 aliphatic heterocycles. The zero-order valence-electron chi connectivity index (χ0n) is 10.8. The maximum atomic E-state index is 13.7. The van der Waals surface area contributed by atoms with E-state index in [1.54, 1.807) is 6.07 Å². The summed E-state index contributed by atoms with van der Waals surface area (Å²) in [5.74, 6) is -0.367. The highest BCUT2D eigenvalue weighted by atomic mass is 35.5. The van der Waals surface area contributed by atoms with E-state index in [9.17, 15) is 4.39 Å². The van der Waals surface area contributed by atoms with Crippen molar-refractivity contribution in [3.8, 4) is 0 Å². The van der Waals surface area contributed by atoms with Gasteiger partial charge in [-0.25, -0.2) is 4.39 Å². The third-order valence-electron chi connectivity index (χ3n) is 4.25. The third-order valence-corrected chi connectivity index (χ3v) is 4.56. The van der Waals surface area contributed by atoms with Crippen molar-refractivity contribution in [1.29, 1.82) is 0 Å². The minimum Gasteiger partial charge on any atom is -0.361 e. The first-order valence-electron chi connectivity index (χ1n) is 6.72. The van der Waals surface area contributed by atoms with Gasteiger partial charge in [-0.1, -0.05) is 11.6 Å². The van der Waals surface area contributed by atoms with E-state index in [1.807, 2.05) is 6.07 Å². The second kappa shape index (κ2) is 5.27. The van der Waals surface area contributed by atoms with Gasteiger partial charge in [0.1, 0.15) is 12.5 Å². The average molecular weight is 285 g/mol. The lowest BCUT2D eigenvalue weighted by atomic mass is 9.82. The lowest BCUT2D eigenvalue weighted by Gasteiger charge is -2.50. The van der Waals surface area contributed by atoms with Gasteiger partial charge in [-0.15, -0.1) is 0 Å². The summed E-state index contributed by atoms with van der Waals surface area (Å²) < 4.78 is 19.3. The summed E-state index contributed by atoms with van der Waals surface area (Å²) in [5.41, 5.74) is 0.965. The van der Waals surface area contributed by atoms with Crippen LogP contribution >= 0.6 is 11.6 Å². The number of ether oxygens (including phenoxy) is 1. The molecule has 1 N–H and O–H groups in total. The van der Waals surface area contributed by atoms with Crippen molar-refractivity contribution in [3.05, 3.63) is 29.0 Å². The van der Waals surface area contributed by atoms with Crippen LogP contribution in [0.2, 0.25) is 5.02 Å². The van der Waals surface area contributed by atoms with Gasteiger partial charge in [0.05, 0.1) is 11.6 Å². The fraction of sp³-hybridized carbons (Fsp3) is 0.571. The van der Waals surface area contributed by atoms with Crippen LogP contribution < -0.4 is 10.2 Å². The molecule has 0 radical (unpaired) electrons. The Hall–Kier alpha value is -0.840. The van der Waals surface area contributed by atoms with Crippen LogP contribution in [0.4, 0.5) is 10.1 Å². The van der Waals surface area contributed by atoms with E-state index in [4.69, 9.17) is 16.3 Å². The first-order valence-corrected chi connectivity index (χ1v) is 7.10. The number of halogens is 2. The maximum Gasteiger partial charge on any atom is 0.143 e. The van der Waals surface area contributed by atoms with Crippen molar-refractivity contribution >= 4 is 17.3 Å². The highest BCUT2D eigenvalue weighted by Gasteiger charge is 2.40. The largest absolute Gasteiger partial charge is 0.361 e. The molecule has 1 aromatic rings. The van der Waals surface area contributed by atoms with Gasteiger partial charge in [0.15, 0.2) is 0 Å². The zero-order valence-corrected chi connectivity index (χ0v) is 11.5. The second-order valence-electron chi connectivity index (χ2n) is 5.29. The number of anilines is 1. The van der Waals surface area contributed by atoms with Crippen molar-refractivity contribution in [2.75, 3.05) is 31.3 Å². The second-order valence-corrected chi connectivity index (χ2v) is 5.70. The minimum atomic E-state index is -0.367. The Bertz CT molecular complexity index is 454. The molecule has 2 heterocycles. The van der Waals surface area contributed by atoms with E-state index in [1.165, 1.54) is 6.07 Å². The molecule has 2 saturated heterocycles. The SMILES string of the molecule is Fc1cc(N2COCCC23CCNCC3)ccc1Cl. The van der Waals surface area contributed by atoms with E-state index in [2.05, 4.69) is 10.2 Å². The molecule has 0 aliphatic carbocycles. The molecule has 0 saturated carbocycles. The fourth-order valence-corrected chi connectivity index (χ4v) is 3.22. The molecule has 2 aliphatic rings. The van der Waals surface area contributed by atoms with Crippen LogP contribution in [0.3, 0.4) is 0 Å². The molecule has 0 bridgehead atoms. The summed E-state index contributed by atoms with van der Waals surface area (Å²) in [6.45, 7) is 3.33. The number of benzene rings is 1. The first-order chi connectivity index (χ1) is 9.21. The molecular weight excluding hydrogens is 267 g/mol. The molecule has 104 valence electrons. The van der Waals surface area contributed by atoms with Crippen LogP contribution in [0.1, 0.15) is 19.3 Å². The summed E-state index contributed by atoms with van der Waals surface area (Å²) in [6, 6.07) is 5.01. The molecule has 19 heavy (non-hydrogen) atoms. The summed E-state index contributed by atoms with van der Waals surface area (Å²) in [7, 11) is 0. The van der Waals surface area contributed by atoms with Crippen LogP contribution in [-0.4, -0.2) is 32.0 Å². The van der Waals surface area contributed by atoms with Gasteiger partial charge in [0, 0.05) is 11.2 Å². The Morgan fingerprint density at radius 1 is 1.26 bits per heavy atom. The van der Waals surface area contributed by atoms with Crippen LogP contribution in [0.25, 0.3) is 0 Å². The number of rotatable bonds is 1. The molecule has 1 spiro atoms. The Kier molecular flexibility index (Phi) is 3.65. The van der Waals surface area contributed by atoms with Crippen LogP contribution in [0.15, 0.2) is 18.2 Å². The monoisotopic (exact) mass is 284 g/mol. The minimum absolute atomic E-state index is 0.101. The van der Waals surface area contributed by atoms with E-state index in [-0.39, 0.29) is 16.4 Å². The fourth-order valence-electron chi connectivity index (χ4n) is 3.10. The van der Waals surface area contributed by atoms with Gasteiger partial charge in [-0.3, -0.25) is 0 Å². The van der Waals surface area contributed by atoms with E-state index < -0.39 is 0 Å². The van der Waals surface area contributed by atoms with Gasteiger partial charge in [-0.2, -0.15) is 0 Å². The number of nitrogens with zero attached hydrogens (tertiary/aromatic N) is 1. The number of nitrogens with one attached hydrogen (secondary N) is 1. The number of piperidine rings is 1. The van der Waals surface area contributed by atoms with Crippen LogP contribution in [0, 0.1) is 5.82 Å². The predicted molar refractivity (Wildman–Crippen MR) is 74.2 cm³/mol. The topological polar surface area (TPSA) is 24.5 Å². The molecule has 0 amide bonds. The van der Waals surface area contributed by atoms with Crippen molar-refractivity contribution < 1.29 is 9.13 Å². The lowest BCUT2D eigenvalue weighted by Crippen LogP contribution is -2.58. The van der Waals surface area contributed by atoms with E-state index in [0.717, 1.165) is 44.6 Å². The molecule has 5 heteroatoms. The number of hydrogen-bond acceptors (Lipinski definition) is 3. The molecule has 3 nitrogen and oxygen atoms in total. The van der Waals surface area contributed by atoms with Gasteiger partial charge in [0.25, 0.3) is 0 Å². The molecule has 0 atom stereocenters. The molecule has 1 aromatic carbocycles. The van der Waals surface area contributed by atoms with Crippen molar-refractivity contribution in [1.82, 2.24) is 5.32 Å². The van der Waals surface area contributed by atoms with E-state index >= 15 is 0 Å². The molecule has 0 aromatic heterocycles. The summed E-state index contributed by atoms with van der Waals surface area (Å²) >= 11 is 5.76. The normalized spacial score (nSPS) is 22.7. The van der Waals surface area contributed by atoms with Crippen LogP contribution in [0.5, 0.6) is 0 Å². The average Bonchev–Trinajstić information content (AvgIpc) is 2.44. The maximum absolute atomic E-state index is 13.7. The predicted octanol–water partition coefficient (Wildman–Crippen LogP) is 2.79. The van der Waals surface area contributed by atoms with Gasteiger partial charge in [-0.05, 0) is 50.6 Å². The molecule has 0 unspecified atom stereocenters. The van der Waals surface area contributed by atoms with Crippen LogP contribution in [-0.2, 0) is 4.74 Å². The summed E-state index contributed by atoms with van der Waals surface area (Å²) in [4.78, 5) is 2.21. The Labute approximate surface area is 117 Å². The zero-order chi connectivity index (χ0) is 13.3. The lowest BCUT2D eigenvalue weighted by molar-refractivity contribution is 0.0425. The first kappa shape index (κ1) is 13.2. The highest BCUT2D eigenvalue weighted by Crippen LogP contribution is 2.37. The smallest absolute Gasteiger partial charge is 0.143 e. The Morgan fingerprint density at radius 2 is 2.05 bits per heavy atom.